The molecule has 1 atom stereocenters. The summed E-state index contributed by atoms with van der Waals surface area (Å²) in [5.74, 6) is -0.128. The third kappa shape index (κ3) is 2.54. The predicted molar refractivity (Wildman–Crippen MR) is 59.4 cm³/mol. The van der Waals surface area contributed by atoms with E-state index in [2.05, 4.69) is 15.3 Å². The summed E-state index contributed by atoms with van der Waals surface area (Å²) in [5.41, 5.74) is 6.35. The van der Waals surface area contributed by atoms with Crippen molar-refractivity contribution in [3.8, 4) is 0 Å². The van der Waals surface area contributed by atoms with Crippen molar-refractivity contribution < 1.29 is 4.79 Å². The molecule has 4 nitrogen and oxygen atoms in total. The molecule has 0 aliphatic carbocycles. The van der Waals surface area contributed by atoms with Gasteiger partial charge in [0.2, 0.25) is 5.91 Å². The highest BCUT2D eigenvalue weighted by Gasteiger charge is 2.26. The normalized spacial score (nSPS) is 22.1. The fraction of sp³-hybridized carbons (Fsp3) is 0.600. The van der Waals surface area contributed by atoms with E-state index in [0.717, 1.165) is 31.7 Å². The van der Waals surface area contributed by atoms with Crippen LogP contribution in [0.4, 0.5) is 0 Å². The van der Waals surface area contributed by atoms with Crippen LogP contribution < -0.4 is 5.73 Å². The highest BCUT2D eigenvalue weighted by Crippen LogP contribution is 2.20. The SMILES string of the molecule is Cc1cc(CN2CCC(C(N)=O)C2)sn1. The van der Waals surface area contributed by atoms with Crippen molar-refractivity contribution in [2.24, 2.45) is 11.7 Å². The Bertz CT molecular complexity index is 363. The number of likely N-dealkylation sites (tertiary alicyclic amines) is 1. The van der Waals surface area contributed by atoms with Crippen LogP contribution in [-0.2, 0) is 11.3 Å². The molecular formula is C10H15N3OS. The molecule has 0 aromatic carbocycles. The number of hydrogen-bond donors (Lipinski definition) is 1. The molecular weight excluding hydrogens is 210 g/mol. The standard InChI is InChI=1S/C10H15N3OS/c1-7-4-9(15-12-7)6-13-3-2-8(5-13)10(11)14/h4,8H,2-3,5-6H2,1H3,(H2,11,14). The van der Waals surface area contributed by atoms with E-state index in [1.165, 1.54) is 16.4 Å². The predicted octanol–water partition coefficient (Wildman–Crippen LogP) is 0.759. The van der Waals surface area contributed by atoms with Crippen LogP contribution in [0.5, 0.6) is 0 Å². The fourth-order valence-corrected chi connectivity index (χ4v) is 2.70. The van der Waals surface area contributed by atoms with E-state index >= 15 is 0 Å². The summed E-state index contributed by atoms with van der Waals surface area (Å²) in [6, 6.07) is 2.10. The monoisotopic (exact) mass is 225 g/mol. The van der Waals surface area contributed by atoms with E-state index in [4.69, 9.17) is 5.73 Å². The molecule has 1 fully saturated rings. The van der Waals surface area contributed by atoms with Gasteiger partial charge in [0.25, 0.3) is 0 Å². The van der Waals surface area contributed by atoms with Crippen molar-refractivity contribution in [1.82, 2.24) is 9.27 Å². The summed E-state index contributed by atoms with van der Waals surface area (Å²) in [6.07, 6.45) is 0.896. The molecule has 0 spiro atoms. The highest BCUT2D eigenvalue weighted by molar-refractivity contribution is 7.05. The zero-order chi connectivity index (χ0) is 10.8. The quantitative estimate of drug-likeness (QED) is 0.826. The molecule has 82 valence electrons. The van der Waals surface area contributed by atoms with Crippen molar-refractivity contribution >= 4 is 17.4 Å². The molecule has 15 heavy (non-hydrogen) atoms. The lowest BCUT2D eigenvalue weighted by molar-refractivity contribution is -0.121. The third-order valence-corrected chi connectivity index (χ3v) is 3.59. The lowest BCUT2D eigenvalue weighted by Gasteiger charge is -2.13. The van der Waals surface area contributed by atoms with Crippen LogP contribution in [0, 0.1) is 12.8 Å². The van der Waals surface area contributed by atoms with Crippen molar-refractivity contribution in [1.29, 1.82) is 0 Å². The number of aryl methyl sites for hydroxylation is 1. The first-order chi connectivity index (χ1) is 7.15. The zero-order valence-electron chi connectivity index (χ0n) is 8.77. The maximum Gasteiger partial charge on any atom is 0.221 e. The first-order valence-electron chi connectivity index (χ1n) is 5.09. The first kappa shape index (κ1) is 10.6. The van der Waals surface area contributed by atoms with Crippen LogP contribution in [0.1, 0.15) is 17.0 Å². The van der Waals surface area contributed by atoms with E-state index < -0.39 is 0 Å². The van der Waals surface area contributed by atoms with E-state index in [1.54, 1.807) is 0 Å². The first-order valence-corrected chi connectivity index (χ1v) is 5.86. The van der Waals surface area contributed by atoms with Crippen molar-refractivity contribution in [2.45, 2.75) is 19.9 Å². The number of hydrogen-bond acceptors (Lipinski definition) is 4. The summed E-state index contributed by atoms with van der Waals surface area (Å²) in [5, 5.41) is 0. The third-order valence-electron chi connectivity index (χ3n) is 2.73. The number of nitrogens with zero attached hydrogens (tertiary/aromatic N) is 2. The average Bonchev–Trinajstić information content (AvgIpc) is 2.76. The molecule has 2 heterocycles. The number of amides is 1. The zero-order valence-corrected chi connectivity index (χ0v) is 9.59. The molecule has 0 saturated carbocycles. The second-order valence-corrected chi connectivity index (χ2v) is 4.95. The maximum atomic E-state index is 11.0. The van der Waals surface area contributed by atoms with Gasteiger partial charge in [-0.05, 0) is 37.5 Å². The molecule has 2 N–H and O–H groups in total. The van der Waals surface area contributed by atoms with E-state index in [1.807, 2.05) is 6.92 Å². The lowest BCUT2D eigenvalue weighted by Crippen LogP contribution is -2.27. The molecule has 1 aromatic heterocycles. The second kappa shape index (κ2) is 4.28. The molecule has 1 aliphatic heterocycles. The molecule has 1 unspecified atom stereocenters. The Morgan fingerprint density at radius 2 is 2.60 bits per heavy atom. The van der Waals surface area contributed by atoms with Crippen molar-refractivity contribution in [3.63, 3.8) is 0 Å². The van der Waals surface area contributed by atoms with Crippen LogP contribution in [0.25, 0.3) is 0 Å². The molecule has 1 aromatic rings. The van der Waals surface area contributed by atoms with Crippen LogP contribution in [0.3, 0.4) is 0 Å². The maximum absolute atomic E-state index is 11.0. The highest BCUT2D eigenvalue weighted by atomic mass is 32.1. The van der Waals surface area contributed by atoms with Crippen LogP contribution in [-0.4, -0.2) is 28.3 Å². The van der Waals surface area contributed by atoms with Gasteiger partial charge in [0.15, 0.2) is 0 Å². The van der Waals surface area contributed by atoms with Gasteiger partial charge < -0.3 is 5.73 Å². The molecule has 1 amide bonds. The summed E-state index contributed by atoms with van der Waals surface area (Å²) in [6.45, 7) is 4.66. The van der Waals surface area contributed by atoms with Crippen LogP contribution in [0.2, 0.25) is 0 Å². The Morgan fingerprint density at radius 1 is 1.80 bits per heavy atom. The van der Waals surface area contributed by atoms with Crippen LogP contribution in [0.15, 0.2) is 6.07 Å². The van der Waals surface area contributed by atoms with E-state index in [0.29, 0.717) is 0 Å². The Kier molecular flexibility index (Phi) is 3.02. The molecule has 0 radical (unpaired) electrons. The Balaban J connectivity index is 1.90. The van der Waals surface area contributed by atoms with Gasteiger partial charge in [-0.25, -0.2) is 0 Å². The number of rotatable bonds is 3. The molecule has 0 bridgehead atoms. The van der Waals surface area contributed by atoms with E-state index in [-0.39, 0.29) is 11.8 Å². The minimum Gasteiger partial charge on any atom is -0.369 e. The van der Waals surface area contributed by atoms with Gasteiger partial charge in [-0.2, -0.15) is 4.37 Å². The number of nitrogens with two attached hydrogens (primary N) is 1. The van der Waals surface area contributed by atoms with Gasteiger partial charge in [-0.15, -0.1) is 0 Å². The number of carbonyl (C=O) groups is 1. The summed E-state index contributed by atoms with van der Waals surface area (Å²) in [4.78, 5) is 14.5. The smallest absolute Gasteiger partial charge is 0.221 e. The lowest BCUT2D eigenvalue weighted by atomic mass is 10.1. The minimum absolute atomic E-state index is 0.0408. The largest absolute Gasteiger partial charge is 0.369 e. The van der Waals surface area contributed by atoms with Crippen LogP contribution >= 0.6 is 11.5 Å². The summed E-state index contributed by atoms with van der Waals surface area (Å²) in [7, 11) is 0. The Hall–Kier alpha value is -0.940. The number of primary amides is 1. The average molecular weight is 225 g/mol. The number of carbonyl (C=O) groups excluding carboxylic acids is 1. The summed E-state index contributed by atoms with van der Waals surface area (Å²) < 4.78 is 4.24. The fourth-order valence-electron chi connectivity index (χ4n) is 1.92. The van der Waals surface area contributed by atoms with Gasteiger partial charge in [0.1, 0.15) is 0 Å². The molecule has 2 rings (SSSR count). The van der Waals surface area contributed by atoms with Gasteiger partial charge >= 0.3 is 0 Å². The molecule has 1 aliphatic rings. The topological polar surface area (TPSA) is 59.2 Å². The number of aromatic nitrogens is 1. The van der Waals surface area contributed by atoms with Gasteiger partial charge in [-0.3, -0.25) is 9.69 Å². The van der Waals surface area contributed by atoms with Crippen molar-refractivity contribution in [2.75, 3.05) is 13.1 Å². The Morgan fingerprint density at radius 3 is 3.13 bits per heavy atom. The second-order valence-electron chi connectivity index (χ2n) is 4.06. The Labute approximate surface area is 93.2 Å². The van der Waals surface area contributed by atoms with Gasteiger partial charge in [-0.1, -0.05) is 0 Å². The summed E-state index contributed by atoms with van der Waals surface area (Å²) >= 11 is 1.54. The van der Waals surface area contributed by atoms with Gasteiger partial charge in [0, 0.05) is 18.0 Å². The molecule has 1 saturated heterocycles. The minimum atomic E-state index is -0.169. The molecule has 5 heteroatoms. The van der Waals surface area contributed by atoms with E-state index in [9.17, 15) is 4.79 Å². The van der Waals surface area contributed by atoms with Crippen molar-refractivity contribution in [3.05, 3.63) is 16.6 Å². The van der Waals surface area contributed by atoms with Gasteiger partial charge in [0.05, 0.1) is 11.6 Å².